The van der Waals surface area contributed by atoms with E-state index in [2.05, 4.69) is 9.62 Å². The Kier molecular flexibility index (Phi) is 7.31. The number of nitrogens with one attached hydrogen (secondary N) is 1. The predicted molar refractivity (Wildman–Crippen MR) is 108 cm³/mol. The van der Waals surface area contributed by atoms with E-state index < -0.39 is 20.0 Å². The van der Waals surface area contributed by atoms with E-state index in [0.717, 1.165) is 13.1 Å². The molecule has 2 unspecified atom stereocenters. The molecule has 0 radical (unpaired) electrons. The highest BCUT2D eigenvalue weighted by atomic mass is 32.2. The highest BCUT2D eigenvalue weighted by Crippen LogP contribution is 2.19. The Labute approximate surface area is 173 Å². The van der Waals surface area contributed by atoms with Gasteiger partial charge in [-0.3, -0.25) is 4.90 Å². The van der Waals surface area contributed by atoms with E-state index in [0.29, 0.717) is 32.8 Å². The van der Waals surface area contributed by atoms with Gasteiger partial charge in [0.2, 0.25) is 20.0 Å². The number of ether oxygens (including phenoxy) is 2. The SMILES string of the molecule is CC1CN(CCNS(=O)(=O)c2ccc(S(=O)(=O)N3CCOCC3)cc2)CC(C)O1. The van der Waals surface area contributed by atoms with Crippen molar-refractivity contribution < 1.29 is 26.3 Å². The maximum absolute atomic E-state index is 12.6. The molecule has 0 aliphatic carbocycles. The highest BCUT2D eigenvalue weighted by molar-refractivity contribution is 7.89. The fraction of sp³-hybridized carbons (Fsp3) is 0.667. The van der Waals surface area contributed by atoms with Crippen molar-refractivity contribution in [1.29, 1.82) is 0 Å². The summed E-state index contributed by atoms with van der Waals surface area (Å²) in [5.41, 5.74) is 0. The molecule has 9 nitrogen and oxygen atoms in total. The van der Waals surface area contributed by atoms with Gasteiger partial charge in [0.25, 0.3) is 0 Å². The normalized spacial score (nSPS) is 25.2. The fourth-order valence-electron chi connectivity index (χ4n) is 3.62. The van der Waals surface area contributed by atoms with Gasteiger partial charge in [-0.15, -0.1) is 0 Å². The molecule has 1 aromatic carbocycles. The van der Waals surface area contributed by atoms with E-state index in [1.165, 1.54) is 28.6 Å². The lowest BCUT2D eigenvalue weighted by molar-refractivity contribution is -0.0671. The Morgan fingerprint density at radius 1 is 0.966 bits per heavy atom. The van der Waals surface area contributed by atoms with Crippen LogP contribution in [0.3, 0.4) is 0 Å². The third-order valence-corrected chi connectivity index (χ3v) is 8.35. The van der Waals surface area contributed by atoms with Gasteiger partial charge in [-0.1, -0.05) is 0 Å². The van der Waals surface area contributed by atoms with E-state index in [-0.39, 0.29) is 28.5 Å². The average molecular weight is 448 g/mol. The molecule has 2 aliphatic rings. The summed E-state index contributed by atoms with van der Waals surface area (Å²) in [5, 5.41) is 0. The summed E-state index contributed by atoms with van der Waals surface area (Å²) in [7, 11) is -7.36. The summed E-state index contributed by atoms with van der Waals surface area (Å²) >= 11 is 0. The van der Waals surface area contributed by atoms with Crippen LogP contribution in [0.1, 0.15) is 13.8 Å². The lowest BCUT2D eigenvalue weighted by Gasteiger charge is -2.35. The molecule has 2 aliphatic heterocycles. The van der Waals surface area contributed by atoms with Crippen LogP contribution in [0.2, 0.25) is 0 Å². The molecule has 2 heterocycles. The molecule has 1 N–H and O–H groups in total. The second kappa shape index (κ2) is 9.38. The zero-order valence-electron chi connectivity index (χ0n) is 16.8. The van der Waals surface area contributed by atoms with Gasteiger partial charge in [-0.2, -0.15) is 4.31 Å². The summed E-state index contributed by atoms with van der Waals surface area (Å²) in [6.45, 7) is 7.69. The number of sulfonamides is 2. The van der Waals surface area contributed by atoms with Crippen LogP contribution in [0.4, 0.5) is 0 Å². The second-order valence-electron chi connectivity index (χ2n) is 7.40. The van der Waals surface area contributed by atoms with E-state index in [9.17, 15) is 16.8 Å². The number of benzene rings is 1. The number of nitrogens with zero attached hydrogens (tertiary/aromatic N) is 2. The lowest BCUT2D eigenvalue weighted by Crippen LogP contribution is -2.47. The van der Waals surface area contributed by atoms with Crippen molar-refractivity contribution in [1.82, 2.24) is 13.9 Å². The molecule has 0 aromatic heterocycles. The minimum absolute atomic E-state index is 0.0436. The van der Waals surface area contributed by atoms with Gasteiger partial charge in [0.1, 0.15) is 0 Å². The lowest BCUT2D eigenvalue weighted by atomic mass is 10.2. The van der Waals surface area contributed by atoms with E-state index in [1.807, 2.05) is 13.8 Å². The van der Waals surface area contributed by atoms with E-state index >= 15 is 0 Å². The smallest absolute Gasteiger partial charge is 0.243 e. The Balaban J connectivity index is 1.59. The monoisotopic (exact) mass is 447 g/mol. The zero-order valence-corrected chi connectivity index (χ0v) is 18.4. The first kappa shape index (κ1) is 22.6. The van der Waals surface area contributed by atoms with Gasteiger partial charge in [-0.05, 0) is 38.1 Å². The molecule has 3 rings (SSSR count). The molecule has 11 heteroatoms. The molecule has 0 amide bonds. The summed E-state index contributed by atoms with van der Waals surface area (Å²) in [4.78, 5) is 2.29. The number of hydrogen-bond donors (Lipinski definition) is 1. The van der Waals surface area contributed by atoms with Crippen molar-refractivity contribution in [2.75, 3.05) is 52.5 Å². The first-order valence-electron chi connectivity index (χ1n) is 9.74. The molecular weight excluding hydrogens is 418 g/mol. The van der Waals surface area contributed by atoms with Crippen molar-refractivity contribution in [2.24, 2.45) is 0 Å². The molecule has 2 atom stereocenters. The summed E-state index contributed by atoms with van der Waals surface area (Å²) in [6.07, 6.45) is 0.243. The van der Waals surface area contributed by atoms with Crippen LogP contribution >= 0.6 is 0 Å². The van der Waals surface area contributed by atoms with Crippen LogP contribution in [0.25, 0.3) is 0 Å². The molecule has 2 saturated heterocycles. The molecule has 0 bridgehead atoms. The van der Waals surface area contributed by atoms with Gasteiger partial charge in [0, 0.05) is 39.3 Å². The third-order valence-electron chi connectivity index (χ3n) is 4.96. The number of rotatable bonds is 7. The van der Waals surface area contributed by atoms with Crippen molar-refractivity contribution in [2.45, 2.75) is 35.8 Å². The Hall–Kier alpha value is -1.08. The number of hydrogen-bond acceptors (Lipinski definition) is 7. The zero-order chi connectivity index (χ0) is 21.1. The van der Waals surface area contributed by atoms with Gasteiger partial charge in [0.15, 0.2) is 0 Å². The quantitative estimate of drug-likeness (QED) is 0.632. The van der Waals surface area contributed by atoms with Crippen molar-refractivity contribution in [3.05, 3.63) is 24.3 Å². The van der Waals surface area contributed by atoms with Gasteiger partial charge >= 0.3 is 0 Å². The Morgan fingerprint density at radius 2 is 1.52 bits per heavy atom. The van der Waals surface area contributed by atoms with Crippen LogP contribution in [-0.4, -0.2) is 90.7 Å². The maximum Gasteiger partial charge on any atom is 0.243 e. The standard InChI is InChI=1S/C18H29N3O6S2/c1-15-13-20(14-16(2)27-15)8-7-19-28(22,23)17-3-5-18(6-4-17)29(24,25)21-9-11-26-12-10-21/h3-6,15-16,19H,7-14H2,1-2H3. The van der Waals surface area contributed by atoms with Gasteiger partial charge < -0.3 is 9.47 Å². The highest BCUT2D eigenvalue weighted by Gasteiger charge is 2.27. The summed E-state index contributed by atoms with van der Waals surface area (Å²) in [6, 6.07) is 5.33. The summed E-state index contributed by atoms with van der Waals surface area (Å²) in [5.74, 6) is 0. The second-order valence-corrected chi connectivity index (χ2v) is 11.1. The number of morpholine rings is 2. The summed E-state index contributed by atoms with van der Waals surface area (Å²) < 4.78 is 65.1. The van der Waals surface area contributed by atoms with Crippen LogP contribution in [0, 0.1) is 0 Å². The Morgan fingerprint density at radius 3 is 2.10 bits per heavy atom. The van der Waals surface area contributed by atoms with Crippen LogP contribution in [0.5, 0.6) is 0 Å². The molecule has 164 valence electrons. The largest absolute Gasteiger partial charge is 0.379 e. The first-order chi connectivity index (χ1) is 13.7. The third kappa shape index (κ3) is 5.75. The molecular formula is C18H29N3O6S2. The molecule has 29 heavy (non-hydrogen) atoms. The minimum Gasteiger partial charge on any atom is -0.379 e. The molecule has 2 fully saturated rings. The minimum atomic E-state index is -3.71. The van der Waals surface area contributed by atoms with Crippen LogP contribution in [-0.2, 0) is 29.5 Å². The maximum atomic E-state index is 12.6. The topological polar surface area (TPSA) is 105 Å². The van der Waals surface area contributed by atoms with Gasteiger partial charge in [0.05, 0.1) is 35.2 Å². The van der Waals surface area contributed by atoms with Crippen LogP contribution in [0.15, 0.2) is 34.1 Å². The average Bonchev–Trinajstić information content (AvgIpc) is 2.68. The fourth-order valence-corrected chi connectivity index (χ4v) is 6.04. The molecule has 1 aromatic rings. The van der Waals surface area contributed by atoms with Crippen molar-refractivity contribution in [3.8, 4) is 0 Å². The first-order valence-corrected chi connectivity index (χ1v) is 12.7. The van der Waals surface area contributed by atoms with Crippen molar-refractivity contribution in [3.63, 3.8) is 0 Å². The van der Waals surface area contributed by atoms with E-state index in [4.69, 9.17) is 9.47 Å². The van der Waals surface area contributed by atoms with Crippen LogP contribution < -0.4 is 4.72 Å². The molecule has 0 spiro atoms. The Bertz CT molecular complexity index is 873. The van der Waals surface area contributed by atoms with E-state index in [1.54, 1.807) is 0 Å². The predicted octanol–water partition coefficient (Wildman–Crippen LogP) is 0.0950. The van der Waals surface area contributed by atoms with Crippen molar-refractivity contribution >= 4 is 20.0 Å². The molecule has 0 saturated carbocycles. The van der Waals surface area contributed by atoms with Gasteiger partial charge in [-0.25, -0.2) is 21.6 Å².